The third-order valence-corrected chi connectivity index (χ3v) is 5.27. The smallest absolute Gasteiger partial charge is 0.276 e. The van der Waals surface area contributed by atoms with E-state index in [0.717, 1.165) is 22.3 Å². The quantitative estimate of drug-likeness (QED) is 0.502. The Morgan fingerprint density at radius 2 is 1.82 bits per heavy atom. The van der Waals surface area contributed by atoms with E-state index in [1.165, 1.54) is 12.1 Å². The van der Waals surface area contributed by atoms with Crippen molar-refractivity contribution in [1.29, 1.82) is 0 Å². The molecule has 33 heavy (non-hydrogen) atoms. The van der Waals surface area contributed by atoms with Gasteiger partial charge in [0.15, 0.2) is 11.5 Å². The highest BCUT2D eigenvalue weighted by Gasteiger charge is 2.22. The Labute approximate surface area is 193 Å². The minimum Gasteiger partial charge on any atom is -0.355 e. The number of aromatic nitrogens is 1. The summed E-state index contributed by atoms with van der Waals surface area (Å²) >= 11 is 0. The summed E-state index contributed by atoms with van der Waals surface area (Å²) in [5, 5.41) is 6.81. The maximum absolute atomic E-state index is 13.1. The first-order chi connectivity index (χ1) is 15.7. The standard InChI is InChI=1S/C26H30FN3O3/c1-17(2)16-30(12-11-25(31)28-15-20-7-9-21(27)10-8-20)26(32)23-14-24(33-29-23)22-13-18(3)5-6-19(22)4/h5-10,13-14,17H,11-12,15-16H2,1-4H3,(H,28,31). The molecule has 3 aromatic rings. The van der Waals surface area contributed by atoms with Crippen molar-refractivity contribution in [3.63, 3.8) is 0 Å². The van der Waals surface area contributed by atoms with Crippen LogP contribution in [0, 0.1) is 25.6 Å². The molecule has 1 N–H and O–H groups in total. The van der Waals surface area contributed by atoms with Crippen molar-refractivity contribution >= 4 is 11.8 Å². The zero-order valence-electron chi connectivity index (χ0n) is 19.5. The van der Waals surface area contributed by atoms with Gasteiger partial charge in [-0.3, -0.25) is 9.59 Å². The maximum atomic E-state index is 13.1. The second-order valence-corrected chi connectivity index (χ2v) is 8.69. The van der Waals surface area contributed by atoms with E-state index in [1.807, 2.05) is 45.9 Å². The summed E-state index contributed by atoms with van der Waals surface area (Å²) in [5.41, 5.74) is 4.05. The van der Waals surface area contributed by atoms with Crippen LogP contribution in [-0.4, -0.2) is 35.0 Å². The third kappa shape index (κ3) is 6.75. The van der Waals surface area contributed by atoms with Gasteiger partial charge in [0.25, 0.3) is 5.91 Å². The topological polar surface area (TPSA) is 75.4 Å². The average Bonchev–Trinajstić information content (AvgIpc) is 3.27. The van der Waals surface area contributed by atoms with E-state index in [9.17, 15) is 14.0 Å². The van der Waals surface area contributed by atoms with Gasteiger partial charge in [-0.1, -0.05) is 48.8 Å². The molecule has 6 nitrogen and oxygen atoms in total. The zero-order chi connectivity index (χ0) is 24.0. The molecule has 2 aromatic carbocycles. The summed E-state index contributed by atoms with van der Waals surface area (Å²) in [6, 6.07) is 13.7. The molecule has 1 heterocycles. The lowest BCUT2D eigenvalue weighted by Gasteiger charge is -2.23. The molecule has 174 valence electrons. The van der Waals surface area contributed by atoms with Crippen molar-refractivity contribution < 1.29 is 18.5 Å². The Hall–Kier alpha value is -3.48. The molecular weight excluding hydrogens is 421 g/mol. The molecule has 3 rings (SSSR count). The fourth-order valence-corrected chi connectivity index (χ4v) is 3.51. The lowest BCUT2D eigenvalue weighted by Crippen LogP contribution is -2.37. The summed E-state index contributed by atoms with van der Waals surface area (Å²) in [7, 11) is 0. The molecule has 0 saturated heterocycles. The molecule has 1 aromatic heterocycles. The molecule has 0 spiro atoms. The predicted molar refractivity (Wildman–Crippen MR) is 125 cm³/mol. The summed E-state index contributed by atoms with van der Waals surface area (Å²) in [4.78, 5) is 27.1. The monoisotopic (exact) mass is 451 g/mol. The van der Waals surface area contributed by atoms with Gasteiger partial charge in [0.2, 0.25) is 5.91 Å². The van der Waals surface area contributed by atoms with E-state index in [1.54, 1.807) is 23.1 Å². The van der Waals surface area contributed by atoms with E-state index in [4.69, 9.17) is 4.52 Å². The van der Waals surface area contributed by atoms with Crippen LogP contribution in [-0.2, 0) is 11.3 Å². The van der Waals surface area contributed by atoms with Gasteiger partial charge in [-0.25, -0.2) is 4.39 Å². The molecule has 0 saturated carbocycles. The molecule has 0 radical (unpaired) electrons. The van der Waals surface area contributed by atoms with E-state index < -0.39 is 0 Å². The molecule has 0 fully saturated rings. The molecule has 2 amide bonds. The number of carbonyl (C=O) groups excluding carboxylic acids is 2. The van der Waals surface area contributed by atoms with Gasteiger partial charge in [0, 0.05) is 37.7 Å². The molecular formula is C26H30FN3O3. The number of hydrogen-bond donors (Lipinski definition) is 1. The van der Waals surface area contributed by atoms with Crippen LogP contribution in [0.5, 0.6) is 0 Å². The number of halogens is 1. The number of amides is 2. The molecule has 0 bridgehead atoms. The third-order valence-electron chi connectivity index (χ3n) is 5.27. The van der Waals surface area contributed by atoms with Crippen LogP contribution in [0.15, 0.2) is 53.1 Å². The van der Waals surface area contributed by atoms with Gasteiger partial charge in [-0.05, 0) is 49.1 Å². The van der Waals surface area contributed by atoms with E-state index in [-0.39, 0.29) is 42.2 Å². The molecule has 0 aliphatic rings. The van der Waals surface area contributed by atoms with E-state index >= 15 is 0 Å². The highest BCUT2D eigenvalue weighted by Crippen LogP contribution is 2.25. The Bertz CT molecular complexity index is 1110. The van der Waals surface area contributed by atoms with Gasteiger partial charge >= 0.3 is 0 Å². The number of nitrogens with one attached hydrogen (secondary N) is 1. The van der Waals surface area contributed by atoms with E-state index in [2.05, 4.69) is 10.5 Å². The summed E-state index contributed by atoms with van der Waals surface area (Å²) < 4.78 is 18.5. The number of nitrogens with zero attached hydrogens (tertiary/aromatic N) is 2. The maximum Gasteiger partial charge on any atom is 0.276 e. The minimum absolute atomic E-state index is 0.154. The van der Waals surface area contributed by atoms with Crippen molar-refractivity contribution in [1.82, 2.24) is 15.4 Å². The summed E-state index contributed by atoms with van der Waals surface area (Å²) in [5.74, 6) is -0.00311. The average molecular weight is 452 g/mol. The predicted octanol–water partition coefficient (Wildman–Crippen LogP) is 4.90. The fraction of sp³-hybridized carbons (Fsp3) is 0.346. The van der Waals surface area contributed by atoms with Crippen LogP contribution >= 0.6 is 0 Å². The lowest BCUT2D eigenvalue weighted by molar-refractivity contribution is -0.121. The Morgan fingerprint density at radius 3 is 2.52 bits per heavy atom. The molecule has 0 aliphatic carbocycles. The minimum atomic E-state index is -0.318. The van der Waals surface area contributed by atoms with Crippen LogP contribution in [0.1, 0.15) is 47.4 Å². The fourth-order valence-electron chi connectivity index (χ4n) is 3.51. The van der Waals surface area contributed by atoms with Crippen molar-refractivity contribution in [3.05, 3.63) is 76.7 Å². The second-order valence-electron chi connectivity index (χ2n) is 8.69. The Balaban J connectivity index is 1.64. The zero-order valence-corrected chi connectivity index (χ0v) is 19.5. The Kier molecular flexibility index (Phi) is 7.98. The van der Waals surface area contributed by atoms with Gasteiger partial charge in [0.05, 0.1) is 0 Å². The number of hydrogen-bond acceptors (Lipinski definition) is 4. The highest BCUT2D eigenvalue weighted by atomic mass is 19.1. The van der Waals surface area contributed by atoms with Crippen LogP contribution in [0.2, 0.25) is 0 Å². The van der Waals surface area contributed by atoms with Gasteiger partial charge in [0.1, 0.15) is 5.82 Å². The van der Waals surface area contributed by atoms with Crippen LogP contribution in [0.3, 0.4) is 0 Å². The van der Waals surface area contributed by atoms with Crippen LogP contribution < -0.4 is 5.32 Å². The first-order valence-corrected chi connectivity index (χ1v) is 11.1. The molecule has 0 atom stereocenters. The number of aryl methyl sites for hydroxylation is 2. The number of rotatable bonds is 9. The van der Waals surface area contributed by atoms with Gasteiger partial charge in [-0.15, -0.1) is 0 Å². The summed E-state index contributed by atoms with van der Waals surface area (Å²) in [6.07, 6.45) is 0.154. The Morgan fingerprint density at radius 1 is 1.09 bits per heavy atom. The molecule has 0 unspecified atom stereocenters. The SMILES string of the molecule is Cc1ccc(C)c(-c2cc(C(=O)N(CCC(=O)NCc3ccc(F)cc3)CC(C)C)no2)c1. The van der Waals surface area contributed by atoms with Gasteiger partial charge in [-0.2, -0.15) is 0 Å². The summed E-state index contributed by atoms with van der Waals surface area (Å²) in [6.45, 7) is 9.07. The van der Waals surface area contributed by atoms with Crippen molar-refractivity contribution in [2.75, 3.05) is 13.1 Å². The first kappa shape index (κ1) is 24.2. The molecule has 0 aliphatic heterocycles. The molecule has 7 heteroatoms. The largest absolute Gasteiger partial charge is 0.355 e. The first-order valence-electron chi connectivity index (χ1n) is 11.1. The highest BCUT2D eigenvalue weighted by molar-refractivity contribution is 5.93. The lowest BCUT2D eigenvalue weighted by atomic mass is 10.0. The van der Waals surface area contributed by atoms with E-state index in [0.29, 0.717) is 18.8 Å². The van der Waals surface area contributed by atoms with Gasteiger partial charge < -0.3 is 14.7 Å². The van der Waals surface area contributed by atoms with Crippen molar-refractivity contribution in [2.24, 2.45) is 5.92 Å². The van der Waals surface area contributed by atoms with Crippen LogP contribution in [0.25, 0.3) is 11.3 Å². The number of carbonyl (C=O) groups is 2. The van der Waals surface area contributed by atoms with Crippen molar-refractivity contribution in [3.8, 4) is 11.3 Å². The normalized spacial score (nSPS) is 11.0. The second kappa shape index (κ2) is 10.9. The van der Waals surface area contributed by atoms with Crippen molar-refractivity contribution in [2.45, 2.75) is 40.7 Å². The van der Waals surface area contributed by atoms with Crippen LogP contribution in [0.4, 0.5) is 4.39 Å². The number of benzene rings is 2.